The normalized spacial score (nSPS) is 10.7. The number of nitrogens with zero attached hydrogens (tertiary/aromatic N) is 1. The van der Waals surface area contributed by atoms with Gasteiger partial charge in [0.15, 0.2) is 0 Å². The van der Waals surface area contributed by atoms with Crippen molar-refractivity contribution in [2.45, 2.75) is 33.6 Å². The van der Waals surface area contributed by atoms with Crippen LogP contribution >= 0.6 is 0 Å². The molecule has 0 saturated heterocycles. The van der Waals surface area contributed by atoms with Crippen LogP contribution in [-0.4, -0.2) is 18.0 Å². The first-order chi connectivity index (χ1) is 11.9. The SMILES string of the molecule is Cc1ccc(/C=N\NC(=O)CCC(=O)Nc2ccc(C)cc2C)cc1. The van der Waals surface area contributed by atoms with Crippen LogP contribution in [0.15, 0.2) is 47.6 Å². The standard InChI is InChI=1S/C20H23N3O2/c1-14-4-7-17(8-5-14)13-21-23-20(25)11-10-19(24)22-18-9-6-15(2)12-16(18)3/h4-9,12-13H,10-11H2,1-3H3,(H,22,24)(H,23,25)/b21-13-. The first kappa shape index (κ1) is 18.4. The zero-order chi connectivity index (χ0) is 18.2. The zero-order valence-electron chi connectivity index (χ0n) is 14.8. The molecule has 0 aromatic heterocycles. The van der Waals surface area contributed by atoms with E-state index in [2.05, 4.69) is 15.8 Å². The lowest BCUT2D eigenvalue weighted by molar-refractivity contribution is -0.124. The maximum absolute atomic E-state index is 12.0. The van der Waals surface area contributed by atoms with Gasteiger partial charge in [0.1, 0.15) is 0 Å². The minimum Gasteiger partial charge on any atom is -0.326 e. The second-order valence-corrected chi connectivity index (χ2v) is 6.07. The van der Waals surface area contributed by atoms with E-state index in [-0.39, 0.29) is 24.7 Å². The molecule has 5 nitrogen and oxygen atoms in total. The third-order valence-electron chi connectivity index (χ3n) is 3.72. The van der Waals surface area contributed by atoms with Crippen LogP contribution in [0.3, 0.4) is 0 Å². The smallest absolute Gasteiger partial charge is 0.240 e. The van der Waals surface area contributed by atoms with Gasteiger partial charge in [-0.2, -0.15) is 5.10 Å². The van der Waals surface area contributed by atoms with Crippen molar-refractivity contribution in [3.63, 3.8) is 0 Å². The number of carbonyl (C=O) groups is 2. The average Bonchev–Trinajstić information content (AvgIpc) is 2.57. The van der Waals surface area contributed by atoms with Gasteiger partial charge in [0.05, 0.1) is 6.21 Å². The van der Waals surface area contributed by atoms with Gasteiger partial charge < -0.3 is 5.32 Å². The highest BCUT2D eigenvalue weighted by Gasteiger charge is 2.08. The summed E-state index contributed by atoms with van der Waals surface area (Å²) >= 11 is 0. The molecule has 0 aliphatic rings. The van der Waals surface area contributed by atoms with Crippen LogP contribution < -0.4 is 10.7 Å². The Morgan fingerprint density at radius 1 is 0.920 bits per heavy atom. The summed E-state index contributed by atoms with van der Waals surface area (Å²) in [6.45, 7) is 5.95. The lowest BCUT2D eigenvalue weighted by atomic mass is 10.1. The van der Waals surface area contributed by atoms with E-state index in [0.717, 1.165) is 27.9 Å². The molecule has 0 saturated carbocycles. The topological polar surface area (TPSA) is 70.6 Å². The molecule has 0 unspecified atom stereocenters. The van der Waals surface area contributed by atoms with Gasteiger partial charge in [0.2, 0.25) is 11.8 Å². The Morgan fingerprint density at radius 3 is 2.24 bits per heavy atom. The minimum absolute atomic E-state index is 0.0853. The van der Waals surface area contributed by atoms with Crippen molar-refractivity contribution in [2.75, 3.05) is 5.32 Å². The molecule has 2 aromatic rings. The van der Waals surface area contributed by atoms with Gasteiger partial charge in [-0.15, -0.1) is 0 Å². The van der Waals surface area contributed by atoms with Gasteiger partial charge in [0, 0.05) is 18.5 Å². The van der Waals surface area contributed by atoms with Crippen LogP contribution in [0, 0.1) is 20.8 Å². The van der Waals surface area contributed by atoms with Gasteiger partial charge in [-0.3, -0.25) is 9.59 Å². The van der Waals surface area contributed by atoms with Crippen molar-refractivity contribution in [1.82, 2.24) is 5.43 Å². The second kappa shape index (κ2) is 8.78. The first-order valence-corrected chi connectivity index (χ1v) is 8.20. The molecule has 130 valence electrons. The Balaban J connectivity index is 1.75. The van der Waals surface area contributed by atoms with E-state index < -0.39 is 0 Å². The van der Waals surface area contributed by atoms with Crippen molar-refractivity contribution in [1.29, 1.82) is 0 Å². The summed E-state index contributed by atoms with van der Waals surface area (Å²) in [5.74, 6) is -0.483. The molecule has 2 rings (SSSR count). The highest BCUT2D eigenvalue weighted by molar-refractivity contribution is 5.94. The van der Waals surface area contributed by atoms with Crippen LogP contribution in [0.2, 0.25) is 0 Å². The molecule has 0 aliphatic carbocycles. The lowest BCUT2D eigenvalue weighted by Crippen LogP contribution is -2.20. The summed E-state index contributed by atoms with van der Waals surface area (Å²) in [5.41, 5.74) is 7.41. The number of aryl methyl sites for hydroxylation is 3. The van der Waals surface area contributed by atoms with E-state index in [1.54, 1.807) is 6.21 Å². The monoisotopic (exact) mass is 337 g/mol. The second-order valence-electron chi connectivity index (χ2n) is 6.07. The molecule has 2 N–H and O–H groups in total. The van der Waals surface area contributed by atoms with Crippen LogP contribution in [0.1, 0.15) is 35.1 Å². The van der Waals surface area contributed by atoms with Crippen molar-refractivity contribution in [3.8, 4) is 0 Å². The van der Waals surface area contributed by atoms with Crippen molar-refractivity contribution >= 4 is 23.7 Å². The zero-order valence-corrected chi connectivity index (χ0v) is 14.8. The first-order valence-electron chi connectivity index (χ1n) is 8.20. The summed E-state index contributed by atoms with van der Waals surface area (Å²) in [5, 5.41) is 6.72. The highest BCUT2D eigenvalue weighted by atomic mass is 16.2. The van der Waals surface area contributed by atoms with Gasteiger partial charge >= 0.3 is 0 Å². The molecule has 5 heteroatoms. The molecule has 0 radical (unpaired) electrons. The van der Waals surface area contributed by atoms with Gasteiger partial charge in [-0.1, -0.05) is 47.5 Å². The summed E-state index contributed by atoms with van der Waals surface area (Å²) in [4.78, 5) is 23.7. The average molecular weight is 337 g/mol. The maximum atomic E-state index is 12.0. The predicted octanol–water partition coefficient (Wildman–Crippen LogP) is 3.48. The molecule has 2 aromatic carbocycles. The number of nitrogens with one attached hydrogen (secondary N) is 2. The largest absolute Gasteiger partial charge is 0.326 e. The molecule has 2 amide bonds. The van der Waals surface area contributed by atoms with Gasteiger partial charge in [-0.05, 0) is 38.0 Å². The van der Waals surface area contributed by atoms with Crippen LogP contribution in [0.4, 0.5) is 5.69 Å². The number of carbonyl (C=O) groups excluding carboxylic acids is 2. The Kier molecular flexibility index (Phi) is 6.46. The highest BCUT2D eigenvalue weighted by Crippen LogP contribution is 2.16. The molecule has 0 atom stereocenters. The maximum Gasteiger partial charge on any atom is 0.240 e. The number of anilines is 1. The fourth-order valence-corrected chi connectivity index (χ4v) is 2.28. The van der Waals surface area contributed by atoms with E-state index in [9.17, 15) is 9.59 Å². The molecular weight excluding hydrogens is 314 g/mol. The Bertz CT molecular complexity index is 780. The number of hydrazone groups is 1. The van der Waals surface area contributed by atoms with Crippen LogP contribution in [-0.2, 0) is 9.59 Å². The van der Waals surface area contributed by atoms with E-state index in [1.165, 1.54) is 0 Å². The van der Waals surface area contributed by atoms with E-state index in [1.807, 2.05) is 63.2 Å². The van der Waals surface area contributed by atoms with Crippen molar-refractivity contribution < 1.29 is 9.59 Å². The van der Waals surface area contributed by atoms with E-state index in [4.69, 9.17) is 0 Å². The summed E-state index contributed by atoms with van der Waals surface area (Å²) in [6.07, 6.45) is 1.77. The molecule has 0 fully saturated rings. The fraction of sp³-hybridized carbons (Fsp3) is 0.250. The van der Waals surface area contributed by atoms with E-state index >= 15 is 0 Å². The number of rotatable bonds is 6. The summed E-state index contributed by atoms with van der Waals surface area (Å²) < 4.78 is 0. The Labute approximate surface area is 148 Å². The number of amides is 2. The number of benzene rings is 2. The predicted molar refractivity (Wildman–Crippen MR) is 101 cm³/mol. The molecule has 25 heavy (non-hydrogen) atoms. The lowest BCUT2D eigenvalue weighted by Gasteiger charge is -2.08. The van der Waals surface area contributed by atoms with E-state index in [0.29, 0.717) is 0 Å². The van der Waals surface area contributed by atoms with Crippen molar-refractivity contribution in [2.24, 2.45) is 5.10 Å². The fourth-order valence-electron chi connectivity index (χ4n) is 2.28. The Hall–Kier alpha value is -2.95. The van der Waals surface area contributed by atoms with Crippen LogP contribution in [0.5, 0.6) is 0 Å². The summed E-state index contributed by atoms with van der Waals surface area (Å²) in [7, 11) is 0. The molecule has 0 bridgehead atoms. The third kappa shape index (κ3) is 6.22. The third-order valence-corrected chi connectivity index (χ3v) is 3.72. The minimum atomic E-state index is -0.292. The number of hydrogen-bond acceptors (Lipinski definition) is 3. The molecule has 0 aliphatic heterocycles. The quantitative estimate of drug-likeness (QED) is 0.626. The van der Waals surface area contributed by atoms with Crippen molar-refractivity contribution in [3.05, 3.63) is 64.7 Å². The van der Waals surface area contributed by atoms with Gasteiger partial charge in [0.25, 0.3) is 0 Å². The number of hydrogen-bond donors (Lipinski definition) is 2. The Morgan fingerprint density at radius 2 is 1.56 bits per heavy atom. The molecule has 0 heterocycles. The summed E-state index contributed by atoms with van der Waals surface area (Å²) in [6, 6.07) is 13.6. The molecular formula is C20H23N3O2. The van der Waals surface area contributed by atoms with Gasteiger partial charge in [-0.25, -0.2) is 5.43 Å². The molecule has 0 spiro atoms. The van der Waals surface area contributed by atoms with Crippen LogP contribution in [0.25, 0.3) is 0 Å².